The van der Waals surface area contributed by atoms with Crippen molar-refractivity contribution in [2.75, 3.05) is 32.9 Å². The van der Waals surface area contributed by atoms with Crippen molar-refractivity contribution in [3.8, 4) is 0 Å². The van der Waals surface area contributed by atoms with Crippen LogP contribution in [0.25, 0.3) is 0 Å². The summed E-state index contributed by atoms with van der Waals surface area (Å²) in [6.45, 7) is 0.858. The average molecular weight is 435 g/mol. The number of hydrogen-bond donors (Lipinski definition) is 0. The van der Waals surface area contributed by atoms with E-state index in [-0.39, 0.29) is 16.9 Å². The van der Waals surface area contributed by atoms with E-state index in [1.807, 2.05) is 0 Å². The van der Waals surface area contributed by atoms with Gasteiger partial charge in [-0.15, -0.1) is 0 Å². The summed E-state index contributed by atoms with van der Waals surface area (Å²) in [4.78, 5) is 24.0. The molecule has 7 nitrogen and oxygen atoms in total. The topological polar surface area (TPSA) is 90.0 Å². The fourth-order valence-electron chi connectivity index (χ4n) is 2.99. The molecule has 0 aromatic heterocycles. The number of esters is 1. The number of morpholine rings is 1. The number of hydrogen-bond acceptors (Lipinski definition) is 6. The van der Waals surface area contributed by atoms with Gasteiger partial charge in [0.15, 0.2) is 6.61 Å². The number of aryl methyl sites for hydroxylation is 1. The van der Waals surface area contributed by atoms with Gasteiger partial charge in [-0.2, -0.15) is 4.31 Å². The molecule has 0 aliphatic carbocycles. The van der Waals surface area contributed by atoms with Crippen molar-refractivity contribution >= 4 is 21.8 Å². The minimum atomic E-state index is -3.56. The Morgan fingerprint density at radius 3 is 2.37 bits per heavy atom. The molecule has 0 amide bonds. The number of halogens is 1. The lowest BCUT2D eigenvalue weighted by molar-refractivity contribution is -0.142. The van der Waals surface area contributed by atoms with Crippen molar-refractivity contribution in [1.29, 1.82) is 0 Å². The third-order valence-electron chi connectivity index (χ3n) is 4.69. The van der Waals surface area contributed by atoms with Gasteiger partial charge in [-0.25, -0.2) is 12.8 Å². The van der Waals surface area contributed by atoms with Gasteiger partial charge in [-0.05, 0) is 36.2 Å². The molecule has 2 aromatic carbocycles. The number of carbonyl (C=O) groups is 2. The number of Topliss-reactive ketones (excluding diaryl/α,β-unsaturated/α-hetero) is 1. The van der Waals surface area contributed by atoms with E-state index in [0.29, 0.717) is 32.7 Å². The molecule has 30 heavy (non-hydrogen) atoms. The summed E-state index contributed by atoms with van der Waals surface area (Å²) in [5, 5.41) is 0. The molecular weight excluding hydrogens is 413 g/mol. The molecule has 160 valence electrons. The Bertz CT molecular complexity index is 1000. The first-order valence-electron chi connectivity index (χ1n) is 9.48. The molecule has 1 heterocycles. The first kappa shape index (κ1) is 22.1. The Morgan fingerprint density at radius 2 is 1.70 bits per heavy atom. The predicted molar refractivity (Wildman–Crippen MR) is 106 cm³/mol. The van der Waals surface area contributed by atoms with Gasteiger partial charge in [-0.3, -0.25) is 9.59 Å². The summed E-state index contributed by atoms with van der Waals surface area (Å²) < 4.78 is 50.2. The SMILES string of the molecule is O=C(CCc1ccc(S(=O)(=O)N2CCOCC2)cc1)OCC(=O)c1ccccc1F. The van der Waals surface area contributed by atoms with Crippen LogP contribution in [0.3, 0.4) is 0 Å². The molecule has 0 saturated carbocycles. The van der Waals surface area contributed by atoms with Crippen molar-refractivity contribution in [1.82, 2.24) is 4.31 Å². The molecule has 0 spiro atoms. The summed E-state index contributed by atoms with van der Waals surface area (Å²) in [6.07, 6.45) is 0.338. The second-order valence-electron chi connectivity index (χ2n) is 6.72. The van der Waals surface area contributed by atoms with Crippen molar-refractivity contribution in [2.45, 2.75) is 17.7 Å². The zero-order valence-electron chi connectivity index (χ0n) is 16.3. The maximum atomic E-state index is 13.6. The lowest BCUT2D eigenvalue weighted by Crippen LogP contribution is -2.40. The molecule has 9 heteroatoms. The lowest BCUT2D eigenvalue weighted by atomic mass is 10.1. The number of rotatable bonds is 8. The van der Waals surface area contributed by atoms with Crippen LogP contribution in [0.5, 0.6) is 0 Å². The maximum absolute atomic E-state index is 13.6. The third-order valence-corrected chi connectivity index (χ3v) is 6.60. The molecule has 0 N–H and O–H groups in total. The van der Waals surface area contributed by atoms with Gasteiger partial charge in [0.1, 0.15) is 5.82 Å². The van der Waals surface area contributed by atoms with E-state index < -0.39 is 34.2 Å². The van der Waals surface area contributed by atoms with E-state index in [0.717, 1.165) is 11.6 Å². The number of ketones is 1. The van der Waals surface area contributed by atoms with Crippen LogP contribution in [-0.4, -0.2) is 57.4 Å². The number of carbonyl (C=O) groups excluding carboxylic acids is 2. The molecule has 1 fully saturated rings. The largest absolute Gasteiger partial charge is 0.457 e. The van der Waals surface area contributed by atoms with Gasteiger partial charge >= 0.3 is 5.97 Å². The average Bonchev–Trinajstić information content (AvgIpc) is 2.77. The zero-order valence-corrected chi connectivity index (χ0v) is 17.1. The molecule has 0 bridgehead atoms. The quantitative estimate of drug-likeness (QED) is 0.467. The normalized spacial score (nSPS) is 15.0. The maximum Gasteiger partial charge on any atom is 0.306 e. The number of ether oxygens (including phenoxy) is 2. The van der Waals surface area contributed by atoms with Crippen LogP contribution < -0.4 is 0 Å². The van der Waals surface area contributed by atoms with Gasteiger partial charge in [0.05, 0.1) is 23.7 Å². The highest BCUT2D eigenvalue weighted by atomic mass is 32.2. The van der Waals surface area contributed by atoms with Crippen molar-refractivity contribution in [3.05, 3.63) is 65.5 Å². The fraction of sp³-hybridized carbons (Fsp3) is 0.333. The highest BCUT2D eigenvalue weighted by Crippen LogP contribution is 2.18. The van der Waals surface area contributed by atoms with Crippen LogP contribution >= 0.6 is 0 Å². The van der Waals surface area contributed by atoms with E-state index in [9.17, 15) is 22.4 Å². The van der Waals surface area contributed by atoms with Crippen LogP contribution in [0.4, 0.5) is 4.39 Å². The zero-order chi connectivity index (χ0) is 21.6. The van der Waals surface area contributed by atoms with Gasteiger partial charge < -0.3 is 9.47 Å². The van der Waals surface area contributed by atoms with E-state index in [4.69, 9.17) is 9.47 Å². The molecule has 1 saturated heterocycles. The van der Waals surface area contributed by atoms with E-state index in [1.165, 1.54) is 34.6 Å². The van der Waals surface area contributed by atoms with Crippen LogP contribution in [0.1, 0.15) is 22.3 Å². The van der Waals surface area contributed by atoms with Crippen molar-refractivity contribution < 1.29 is 31.9 Å². The molecule has 3 rings (SSSR count). The Balaban J connectivity index is 1.49. The Labute approximate surface area is 174 Å². The first-order chi connectivity index (χ1) is 14.4. The van der Waals surface area contributed by atoms with Gasteiger partial charge in [0, 0.05) is 19.5 Å². The summed E-state index contributed by atoms with van der Waals surface area (Å²) in [7, 11) is -3.56. The first-order valence-corrected chi connectivity index (χ1v) is 10.9. The predicted octanol–water partition coefficient (Wildman–Crippen LogP) is 2.21. The Morgan fingerprint density at radius 1 is 1.03 bits per heavy atom. The molecule has 2 aromatic rings. The minimum Gasteiger partial charge on any atom is -0.457 e. The van der Waals surface area contributed by atoms with Crippen molar-refractivity contribution in [2.24, 2.45) is 0 Å². The standard InChI is InChI=1S/C21H22FNO6S/c22-19-4-2-1-3-18(19)20(24)15-29-21(25)10-7-16-5-8-17(9-6-16)30(26,27)23-11-13-28-14-12-23/h1-6,8-9H,7,10-15H2. The highest BCUT2D eigenvalue weighted by molar-refractivity contribution is 7.89. The fourth-order valence-corrected chi connectivity index (χ4v) is 4.40. The van der Waals surface area contributed by atoms with Gasteiger partial charge in [0.2, 0.25) is 15.8 Å². The lowest BCUT2D eigenvalue weighted by Gasteiger charge is -2.26. The van der Waals surface area contributed by atoms with Gasteiger partial charge in [0.25, 0.3) is 0 Å². The third kappa shape index (κ3) is 5.50. The molecule has 0 radical (unpaired) electrons. The van der Waals surface area contributed by atoms with E-state index in [2.05, 4.69) is 0 Å². The molecule has 1 aliphatic rings. The molecule has 1 aliphatic heterocycles. The van der Waals surface area contributed by atoms with Crippen LogP contribution in [0, 0.1) is 5.82 Å². The summed E-state index contributed by atoms with van der Waals surface area (Å²) >= 11 is 0. The van der Waals surface area contributed by atoms with Crippen molar-refractivity contribution in [3.63, 3.8) is 0 Å². The highest BCUT2D eigenvalue weighted by Gasteiger charge is 2.26. The number of benzene rings is 2. The smallest absolute Gasteiger partial charge is 0.306 e. The summed E-state index contributed by atoms with van der Waals surface area (Å²) in [5.74, 6) is -1.87. The molecular formula is C21H22FNO6S. The van der Waals surface area contributed by atoms with Crippen LogP contribution in [0.15, 0.2) is 53.4 Å². The van der Waals surface area contributed by atoms with E-state index in [1.54, 1.807) is 12.1 Å². The summed E-state index contributed by atoms with van der Waals surface area (Å²) in [5.41, 5.74) is 0.635. The minimum absolute atomic E-state index is 0.0140. The Hall–Kier alpha value is -2.62. The molecule has 0 unspecified atom stereocenters. The second-order valence-corrected chi connectivity index (χ2v) is 8.66. The Kier molecular flexibility index (Phi) is 7.30. The van der Waals surface area contributed by atoms with E-state index >= 15 is 0 Å². The van der Waals surface area contributed by atoms with Crippen LogP contribution in [0.2, 0.25) is 0 Å². The summed E-state index contributed by atoms with van der Waals surface area (Å²) in [6, 6.07) is 11.8. The number of sulfonamides is 1. The van der Waals surface area contributed by atoms with Crippen LogP contribution in [-0.2, 0) is 30.7 Å². The van der Waals surface area contributed by atoms with Gasteiger partial charge in [-0.1, -0.05) is 24.3 Å². The second kappa shape index (κ2) is 9.92. The molecule has 0 atom stereocenters. The number of nitrogens with zero attached hydrogens (tertiary/aromatic N) is 1. The monoisotopic (exact) mass is 435 g/mol.